The maximum absolute atomic E-state index is 12.5. The molecule has 2 aromatic carbocycles. The fraction of sp³-hybridized carbons (Fsp3) is 0.250. The van der Waals surface area contributed by atoms with Crippen molar-refractivity contribution in [3.63, 3.8) is 0 Å². The largest absolute Gasteiger partial charge is 0.463 e. The number of rotatable bonds is 5. The molecule has 0 aromatic heterocycles. The van der Waals surface area contributed by atoms with Gasteiger partial charge in [-0.25, -0.2) is 0 Å². The average molecular weight is 370 g/mol. The highest BCUT2D eigenvalue weighted by Gasteiger charge is 2.52. The molecular formula is C20H16ClNO4. The summed E-state index contributed by atoms with van der Waals surface area (Å²) in [6.07, 6.45) is 1.45. The molecule has 0 bridgehead atoms. The highest BCUT2D eigenvalue weighted by atomic mass is 35.5. The molecule has 5 nitrogen and oxygen atoms in total. The van der Waals surface area contributed by atoms with E-state index in [1.54, 1.807) is 36.4 Å². The molecule has 4 rings (SSSR count). The summed E-state index contributed by atoms with van der Waals surface area (Å²) in [4.78, 5) is 38.2. The molecule has 1 saturated carbocycles. The van der Waals surface area contributed by atoms with Crippen molar-refractivity contribution >= 4 is 29.4 Å². The number of hydrogen-bond donors (Lipinski definition) is 0. The standard InChI is InChI=1S/C20H16ClNO4/c21-14-7-5-13(6-8-14)20(9-10-20)19(25)26-12-11-22-17(23)15-3-1-2-4-16(15)18(22)24/h1-8H,9-12H2. The lowest BCUT2D eigenvalue weighted by Crippen LogP contribution is -2.34. The van der Waals surface area contributed by atoms with E-state index in [-0.39, 0.29) is 30.9 Å². The molecule has 0 radical (unpaired) electrons. The zero-order valence-corrected chi connectivity index (χ0v) is 14.7. The van der Waals surface area contributed by atoms with E-state index in [2.05, 4.69) is 0 Å². The first-order chi connectivity index (χ1) is 12.5. The van der Waals surface area contributed by atoms with Crippen molar-refractivity contribution in [3.8, 4) is 0 Å². The Hall–Kier alpha value is -2.66. The van der Waals surface area contributed by atoms with Crippen molar-refractivity contribution in [1.29, 1.82) is 0 Å². The minimum Gasteiger partial charge on any atom is -0.463 e. The van der Waals surface area contributed by atoms with Gasteiger partial charge in [0.15, 0.2) is 0 Å². The summed E-state index contributed by atoms with van der Waals surface area (Å²) in [5.41, 5.74) is 1.05. The fourth-order valence-corrected chi connectivity index (χ4v) is 3.44. The van der Waals surface area contributed by atoms with Crippen LogP contribution in [0.5, 0.6) is 0 Å². The van der Waals surface area contributed by atoms with Crippen molar-refractivity contribution in [2.75, 3.05) is 13.2 Å². The number of fused-ring (bicyclic) bond motifs is 1. The Kier molecular flexibility index (Phi) is 4.04. The molecule has 0 unspecified atom stereocenters. The maximum atomic E-state index is 12.5. The Labute approximate surface area is 155 Å². The van der Waals surface area contributed by atoms with Gasteiger partial charge in [0.2, 0.25) is 0 Å². The summed E-state index contributed by atoms with van der Waals surface area (Å²) < 4.78 is 5.39. The number of carbonyl (C=O) groups excluding carboxylic acids is 3. The van der Waals surface area contributed by atoms with Gasteiger partial charge in [0.05, 0.1) is 23.1 Å². The van der Waals surface area contributed by atoms with Crippen LogP contribution in [-0.4, -0.2) is 35.8 Å². The smallest absolute Gasteiger partial charge is 0.316 e. The molecular weight excluding hydrogens is 354 g/mol. The third kappa shape index (κ3) is 2.69. The van der Waals surface area contributed by atoms with Gasteiger partial charge in [-0.1, -0.05) is 35.9 Å². The zero-order chi connectivity index (χ0) is 18.3. The van der Waals surface area contributed by atoms with Crippen molar-refractivity contribution in [2.45, 2.75) is 18.3 Å². The second-order valence-electron chi connectivity index (χ2n) is 6.53. The van der Waals surface area contributed by atoms with E-state index < -0.39 is 5.41 Å². The molecule has 0 atom stereocenters. The fourth-order valence-electron chi connectivity index (χ4n) is 3.31. The van der Waals surface area contributed by atoms with E-state index >= 15 is 0 Å². The van der Waals surface area contributed by atoms with Crippen molar-refractivity contribution in [3.05, 3.63) is 70.2 Å². The number of halogens is 1. The number of carbonyl (C=O) groups is 3. The summed E-state index contributed by atoms with van der Waals surface area (Å²) in [6.45, 7) is 0.0361. The van der Waals surface area contributed by atoms with Gasteiger partial charge in [0.25, 0.3) is 11.8 Å². The normalized spacial score (nSPS) is 17.2. The molecule has 2 aromatic rings. The first-order valence-corrected chi connectivity index (χ1v) is 8.79. The van der Waals surface area contributed by atoms with E-state index in [4.69, 9.17) is 16.3 Å². The van der Waals surface area contributed by atoms with Gasteiger partial charge in [0.1, 0.15) is 6.61 Å². The van der Waals surface area contributed by atoms with Crippen LogP contribution in [0.2, 0.25) is 5.02 Å². The molecule has 2 aliphatic rings. The zero-order valence-electron chi connectivity index (χ0n) is 13.9. The van der Waals surface area contributed by atoms with E-state index in [9.17, 15) is 14.4 Å². The Morgan fingerprint density at radius 2 is 1.58 bits per heavy atom. The first-order valence-electron chi connectivity index (χ1n) is 8.41. The van der Waals surface area contributed by atoms with Crippen molar-refractivity contribution in [1.82, 2.24) is 4.90 Å². The van der Waals surface area contributed by atoms with Gasteiger partial charge in [-0.2, -0.15) is 0 Å². The van der Waals surface area contributed by atoms with Gasteiger partial charge >= 0.3 is 5.97 Å². The predicted molar refractivity (Wildman–Crippen MR) is 95.1 cm³/mol. The molecule has 1 heterocycles. The summed E-state index contributed by atoms with van der Waals surface area (Å²) in [7, 11) is 0. The number of hydrogen-bond acceptors (Lipinski definition) is 4. The summed E-state index contributed by atoms with van der Waals surface area (Å²) in [5.74, 6) is -1.02. The molecule has 0 N–H and O–H groups in total. The summed E-state index contributed by atoms with van der Waals surface area (Å²) in [5, 5.41) is 0.614. The highest BCUT2D eigenvalue weighted by molar-refractivity contribution is 6.30. The molecule has 6 heteroatoms. The Morgan fingerprint density at radius 3 is 2.12 bits per heavy atom. The molecule has 0 spiro atoms. The molecule has 26 heavy (non-hydrogen) atoms. The van der Waals surface area contributed by atoms with E-state index in [0.717, 1.165) is 23.3 Å². The van der Waals surface area contributed by atoms with E-state index in [1.807, 2.05) is 12.1 Å². The van der Waals surface area contributed by atoms with Gasteiger partial charge < -0.3 is 4.74 Å². The predicted octanol–water partition coefficient (Wildman–Crippen LogP) is 3.21. The van der Waals surface area contributed by atoms with Gasteiger partial charge in [0, 0.05) is 5.02 Å². The van der Waals surface area contributed by atoms with Crippen LogP contribution in [-0.2, 0) is 14.9 Å². The van der Waals surface area contributed by atoms with Crippen LogP contribution < -0.4 is 0 Å². The topological polar surface area (TPSA) is 63.7 Å². The molecule has 132 valence electrons. The van der Waals surface area contributed by atoms with Crippen LogP contribution in [0.15, 0.2) is 48.5 Å². The van der Waals surface area contributed by atoms with Crippen LogP contribution in [0, 0.1) is 0 Å². The van der Waals surface area contributed by atoms with Crippen molar-refractivity contribution in [2.24, 2.45) is 0 Å². The Balaban J connectivity index is 1.38. The number of esters is 1. The molecule has 1 aliphatic carbocycles. The lowest BCUT2D eigenvalue weighted by molar-refractivity contribution is -0.147. The molecule has 0 saturated heterocycles. The first kappa shape index (κ1) is 16.8. The van der Waals surface area contributed by atoms with E-state index in [0.29, 0.717) is 16.1 Å². The number of ether oxygens (including phenoxy) is 1. The second kappa shape index (κ2) is 6.25. The lowest BCUT2D eigenvalue weighted by atomic mass is 9.96. The summed E-state index contributed by atoms with van der Waals surface area (Å²) in [6, 6.07) is 13.9. The van der Waals surface area contributed by atoms with Crippen molar-refractivity contribution < 1.29 is 19.1 Å². The van der Waals surface area contributed by atoms with E-state index in [1.165, 1.54) is 0 Å². The lowest BCUT2D eigenvalue weighted by Gasteiger charge is -2.17. The third-order valence-corrected chi connectivity index (χ3v) is 5.22. The SMILES string of the molecule is O=C1c2ccccc2C(=O)N1CCOC(=O)C1(c2ccc(Cl)cc2)CC1. The second-order valence-corrected chi connectivity index (χ2v) is 6.97. The Bertz CT molecular complexity index is 867. The van der Waals surface area contributed by atoms with Gasteiger partial charge in [-0.05, 0) is 42.7 Å². The van der Waals surface area contributed by atoms with Crippen LogP contribution in [0.4, 0.5) is 0 Å². The summed E-state index contributed by atoms with van der Waals surface area (Å²) >= 11 is 5.90. The maximum Gasteiger partial charge on any atom is 0.316 e. The number of amides is 2. The monoisotopic (exact) mass is 369 g/mol. The number of nitrogens with zero attached hydrogens (tertiary/aromatic N) is 1. The Morgan fingerprint density at radius 1 is 1.00 bits per heavy atom. The van der Waals surface area contributed by atoms with Gasteiger partial charge in [-0.3, -0.25) is 19.3 Å². The van der Waals surface area contributed by atoms with Gasteiger partial charge in [-0.15, -0.1) is 0 Å². The third-order valence-electron chi connectivity index (χ3n) is 4.96. The number of benzene rings is 2. The highest BCUT2D eigenvalue weighted by Crippen LogP contribution is 2.49. The molecule has 1 aliphatic heterocycles. The minimum absolute atomic E-state index is 0.0142. The number of imide groups is 1. The van der Waals surface area contributed by atoms with Crippen LogP contribution in [0.25, 0.3) is 0 Å². The van der Waals surface area contributed by atoms with Crippen LogP contribution >= 0.6 is 11.6 Å². The average Bonchev–Trinajstić information content (AvgIpc) is 3.42. The molecule has 2 amide bonds. The molecule has 1 fully saturated rings. The quantitative estimate of drug-likeness (QED) is 0.599. The minimum atomic E-state index is -0.618. The van der Waals surface area contributed by atoms with Crippen LogP contribution in [0.1, 0.15) is 39.1 Å². The van der Waals surface area contributed by atoms with Crippen LogP contribution in [0.3, 0.4) is 0 Å².